The maximum atomic E-state index is 9.92. The topological polar surface area (TPSA) is 20.2 Å². The van der Waals surface area contributed by atoms with Gasteiger partial charge in [0.15, 0.2) is 0 Å². The van der Waals surface area contributed by atoms with Crippen LogP contribution in [0.15, 0.2) is 30.3 Å². The van der Waals surface area contributed by atoms with E-state index in [0.717, 1.165) is 24.7 Å². The molecule has 1 aromatic carbocycles. The van der Waals surface area contributed by atoms with Crippen LogP contribution in [0.2, 0.25) is 12.1 Å². The van der Waals surface area contributed by atoms with Crippen LogP contribution in [-0.4, -0.2) is 20.0 Å². The molecular formula is C22H35OSi. The monoisotopic (exact) mass is 343 g/mol. The first kappa shape index (κ1) is 18.2. The third kappa shape index (κ3) is 4.32. The highest BCUT2D eigenvalue weighted by Crippen LogP contribution is 2.51. The average Bonchev–Trinajstić information content (AvgIpc) is 2.62. The molecule has 1 aliphatic heterocycles. The number of hydrogen-bond acceptors (Lipinski definition) is 1. The molecule has 1 N–H and O–H groups in total. The summed E-state index contributed by atoms with van der Waals surface area (Å²) in [6, 6.07) is 14.2. The minimum atomic E-state index is -0.331. The Labute approximate surface area is 150 Å². The van der Waals surface area contributed by atoms with E-state index < -0.39 is 0 Å². The Kier molecular flexibility index (Phi) is 6.20. The molecule has 2 aliphatic rings. The van der Waals surface area contributed by atoms with E-state index in [1.165, 1.54) is 50.6 Å². The molecule has 24 heavy (non-hydrogen) atoms. The van der Waals surface area contributed by atoms with E-state index in [2.05, 4.69) is 44.2 Å². The van der Waals surface area contributed by atoms with Crippen molar-refractivity contribution in [3.63, 3.8) is 0 Å². The fraction of sp³-hybridized carbons (Fsp3) is 0.727. The summed E-state index contributed by atoms with van der Waals surface area (Å²) in [4.78, 5) is 0. The molecule has 0 spiro atoms. The van der Waals surface area contributed by atoms with Crippen molar-refractivity contribution in [2.75, 3.05) is 0 Å². The lowest BCUT2D eigenvalue weighted by Crippen LogP contribution is -2.43. The number of rotatable bonds is 5. The smallest absolute Gasteiger partial charge is 0.0856 e. The molecule has 1 aliphatic carbocycles. The van der Waals surface area contributed by atoms with E-state index in [0.29, 0.717) is 5.41 Å². The second kappa shape index (κ2) is 8.18. The van der Waals surface area contributed by atoms with Crippen molar-refractivity contribution in [2.24, 2.45) is 17.3 Å². The Morgan fingerprint density at radius 2 is 1.67 bits per heavy atom. The van der Waals surface area contributed by atoms with E-state index in [-0.39, 0.29) is 14.9 Å². The van der Waals surface area contributed by atoms with Crippen LogP contribution in [0, 0.1) is 17.3 Å². The maximum absolute atomic E-state index is 9.92. The van der Waals surface area contributed by atoms with E-state index in [1.807, 2.05) is 0 Å². The largest absolute Gasteiger partial charge is 0.393 e. The zero-order chi connectivity index (χ0) is 17.0. The third-order valence-corrected chi connectivity index (χ3v) is 9.67. The number of hydrogen-bond donors (Lipinski definition) is 1. The van der Waals surface area contributed by atoms with Gasteiger partial charge in [-0.3, -0.25) is 0 Å². The van der Waals surface area contributed by atoms with E-state index in [9.17, 15) is 5.11 Å². The fourth-order valence-electron chi connectivity index (χ4n) is 5.14. The normalized spacial score (nSPS) is 28.2. The Hall–Kier alpha value is -0.603. The summed E-state index contributed by atoms with van der Waals surface area (Å²) < 4.78 is 0. The van der Waals surface area contributed by atoms with Crippen molar-refractivity contribution in [3.8, 4) is 0 Å². The summed E-state index contributed by atoms with van der Waals surface area (Å²) in [6.45, 7) is 4.75. The summed E-state index contributed by atoms with van der Waals surface area (Å²) in [5.41, 5.74) is 0.591. The van der Waals surface area contributed by atoms with E-state index in [1.54, 1.807) is 5.19 Å². The van der Waals surface area contributed by atoms with E-state index in [4.69, 9.17) is 0 Å². The Balaban J connectivity index is 1.68. The number of benzene rings is 1. The van der Waals surface area contributed by atoms with Crippen molar-refractivity contribution in [1.29, 1.82) is 0 Å². The lowest BCUT2D eigenvalue weighted by molar-refractivity contribution is 0.0324. The van der Waals surface area contributed by atoms with Crippen LogP contribution in [0.1, 0.15) is 65.2 Å². The number of aliphatic hydroxyl groups excluding tert-OH is 1. The van der Waals surface area contributed by atoms with Crippen LogP contribution in [0.3, 0.4) is 0 Å². The first-order chi connectivity index (χ1) is 11.6. The highest BCUT2D eigenvalue weighted by Gasteiger charge is 2.43. The molecule has 1 aromatic rings. The van der Waals surface area contributed by atoms with Crippen LogP contribution < -0.4 is 5.19 Å². The molecule has 1 heterocycles. The molecular weight excluding hydrogens is 308 g/mol. The molecule has 1 saturated heterocycles. The molecule has 1 nitrogen and oxygen atoms in total. The van der Waals surface area contributed by atoms with E-state index >= 15 is 0 Å². The van der Waals surface area contributed by atoms with Gasteiger partial charge in [0.05, 0.1) is 14.9 Å². The summed E-state index contributed by atoms with van der Waals surface area (Å²) in [7, 11) is -0.331. The Morgan fingerprint density at radius 3 is 2.25 bits per heavy atom. The van der Waals surface area contributed by atoms with Crippen molar-refractivity contribution in [3.05, 3.63) is 30.3 Å². The van der Waals surface area contributed by atoms with Crippen LogP contribution >= 0.6 is 0 Å². The molecule has 1 saturated carbocycles. The van der Waals surface area contributed by atoms with Gasteiger partial charge >= 0.3 is 0 Å². The quantitative estimate of drug-likeness (QED) is 0.733. The van der Waals surface area contributed by atoms with Gasteiger partial charge in [0.1, 0.15) is 0 Å². The van der Waals surface area contributed by atoms with Crippen LogP contribution in [0.25, 0.3) is 0 Å². The van der Waals surface area contributed by atoms with Gasteiger partial charge in [-0.2, -0.15) is 0 Å². The molecule has 2 fully saturated rings. The molecule has 133 valence electrons. The van der Waals surface area contributed by atoms with Gasteiger partial charge in [0.25, 0.3) is 0 Å². The van der Waals surface area contributed by atoms with Gasteiger partial charge < -0.3 is 5.11 Å². The predicted molar refractivity (Wildman–Crippen MR) is 105 cm³/mol. The molecule has 0 unspecified atom stereocenters. The van der Waals surface area contributed by atoms with Crippen molar-refractivity contribution < 1.29 is 5.11 Å². The average molecular weight is 344 g/mol. The number of aliphatic hydroxyl groups is 1. The SMILES string of the molecule is CC(C)CCC1(C2CCC(O)CC2)CC[Si](c2ccccc2)CC1. The fourth-order valence-corrected chi connectivity index (χ4v) is 8.23. The molecule has 0 bridgehead atoms. The molecule has 1 radical (unpaired) electrons. The second-order valence-electron chi connectivity index (χ2n) is 8.77. The summed E-state index contributed by atoms with van der Waals surface area (Å²) in [5.74, 6) is 1.69. The van der Waals surface area contributed by atoms with Crippen LogP contribution in [-0.2, 0) is 0 Å². The van der Waals surface area contributed by atoms with Crippen molar-refractivity contribution in [2.45, 2.75) is 83.4 Å². The summed E-state index contributed by atoms with van der Waals surface area (Å²) in [5, 5.41) is 11.6. The van der Waals surface area contributed by atoms with Crippen LogP contribution in [0.4, 0.5) is 0 Å². The summed E-state index contributed by atoms with van der Waals surface area (Å²) >= 11 is 0. The Bertz CT molecular complexity index is 482. The van der Waals surface area contributed by atoms with Crippen LogP contribution in [0.5, 0.6) is 0 Å². The first-order valence-corrected chi connectivity index (χ1v) is 12.1. The summed E-state index contributed by atoms with van der Waals surface area (Å²) in [6.07, 6.45) is 10.3. The minimum absolute atomic E-state index is 0.0177. The predicted octanol–water partition coefficient (Wildman–Crippen LogP) is 5.16. The maximum Gasteiger partial charge on any atom is 0.0856 e. The minimum Gasteiger partial charge on any atom is -0.393 e. The van der Waals surface area contributed by atoms with Gasteiger partial charge in [0, 0.05) is 0 Å². The van der Waals surface area contributed by atoms with Gasteiger partial charge in [0.2, 0.25) is 0 Å². The zero-order valence-corrected chi connectivity index (χ0v) is 16.6. The van der Waals surface area contributed by atoms with Gasteiger partial charge in [-0.05, 0) is 62.2 Å². The van der Waals surface area contributed by atoms with Gasteiger partial charge in [-0.1, -0.05) is 67.9 Å². The van der Waals surface area contributed by atoms with Crippen molar-refractivity contribution >= 4 is 14.0 Å². The molecule has 3 rings (SSSR count). The second-order valence-corrected chi connectivity index (χ2v) is 11.6. The zero-order valence-electron chi connectivity index (χ0n) is 15.6. The van der Waals surface area contributed by atoms with Gasteiger partial charge in [-0.15, -0.1) is 0 Å². The highest BCUT2D eigenvalue weighted by atomic mass is 28.3. The molecule has 2 heteroatoms. The lowest BCUT2D eigenvalue weighted by Gasteiger charge is -2.48. The molecule has 0 atom stereocenters. The molecule has 0 aromatic heterocycles. The third-order valence-electron chi connectivity index (χ3n) is 6.81. The lowest BCUT2D eigenvalue weighted by atomic mass is 9.62. The Morgan fingerprint density at radius 1 is 1.04 bits per heavy atom. The first-order valence-electron chi connectivity index (χ1n) is 10.2. The standard InChI is InChI=1S/C22H35OSi/c1-18(2)12-13-22(19-8-10-20(23)11-9-19)14-16-24(17-15-22)21-6-4-3-5-7-21/h3-7,18-20,23H,8-17H2,1-2H3. The molecule has 0 amide bonds. The highest BCUT2D eigenvalue weighted by molar-refractivity contribution is 6.73. The van der Waals surface area contributed by atoms with Gasteiger partial charge in [-0.25, -0.2) is 0 Å². The van der Waals surface area contributed by atoms with Crippen molar-refractivity contribution in [1.82, 2.24) is 0 Å².